The van der Waals surface area contributed by atoms with E-state index < -0.39 is 0 Å². The molecule has 1 aromatic heterocycles. The van der Waals surface area contributed by atoms with Gasteiger partial charge in [0.15, 0.2) is 0 Å². The lowest BCUT2D eigenvalue weighted by Crippen LogP contribution is -2.13. The molecule has 4 heteroatoms. The second kappa shape index (κ2) is 8.15. The van der Waals surface area contributed by atoms with E-state index in [1.54, 1.807) is 0 Å². The van der Waals surface area contributed by atoms with Gasteiger partial charge in [0.05, 0.1) is 11.4 Å². The largest absolute Gasteiger partial charge is 0.322 e. The van der Waals surface area contributed by atoms with Gasteiger partial charge in [-0.3, -0.25) is 4.79 Å². The Morgan fingerprint density at radius 2 is 1.59 bits per heavy atom. The molecule has 0 bridgehead atoms. The first-order valence-corrected chi connectivity index (χ1v) is 9.67. The molecule has 0 atom stereocenters. The van der Waals surface area contributed by atoms with Crippen molar-refractivity contribution in [2.24, 2.45) is 0 Å². The topological polar surface area (TPSA) is 46.9 Å². The average molecular weight is 381 g/mol. The smallest absolute Gasteiger partial charge is 0.255 e. The maximum absolute atomic E-state index is 12.8. The molecule has 0 saturated heterocycles. The molecular formula is C25H23N3O. The molecule has 1 heterocycles. The second-order valence-electron chi connectivity index (χ2n) is 7.16. The van der Waals surface area contributed by atoms with Crippen LogP contribution < -0.4 is 5.32 Å². The number of anilines is 1. The molecule has 4 nitrogen and oxygen atoms in total. The van der Waals surface area contributed by atoms with Gasteiger partial charge in [-0.05, 0) is 67.8 Å². The third kappa shape index (κ3) is 4.27. The summed E-state index contributed by atoms with van der Waals surface area (Å²) < 4.78 is 1.88. The van der Waals surface area contributed by atoms with Crippen molar-refractivity contribution in [1.29, 1.82) is 0 Å². The molecule has 0 aliphatic carbocycles. The average Bonchev–Trinajstić information content (AvgIpc) is 3.08. The fraction of sp³-hybridized carbons (Fsp3) is 0.120. The zero-order valence-electron chi connectivity index (χ0n) is 16.6. The predicted molar refractivity (Wildman–Crippen MR) is 117 cm³/mol. The summed E-state index contributed by atoms with van der Waals surface area (Å²) >= 11 is 0. The molecule has 144 valence electrons. The zero-order chi connectivity index (χ0) is 20.2. The summed E-state index contributed by atoms with van der Waals surface area (Å²) in [6, 6.07) is 27.7. The quantitative estimate of drug-likeness (QED) is 0.508. The van der Waals surface area contributed by atoms with Crippen LogP contribution in [0.2, 0.25) is 0 Å². The molecule has 0 radical (unpaired) electrons. The fourth-order valence-corrected chi connectivity index (χ4v) is 3.45. The van der Waals surface area contributed by atoms with Crippen molar-refractivity contribution >= 4 is 11.6 Å². The molecule has 0 spiro atoms. The van der Waals surface area contributed by atoms with E-state index in [-0.39, 0.29) is 5.91 Å². The van der Waals surface area contributed by atoms with E-state index in [0.29, 0.717) is 5.56 Å². The zero-order valence-corrected chi connectivity index (χ0v) is 16.6. The third-order valence-corrected chi connectivity index (χ3v) is 4.89. The molecule has 4 rings (SSSR count). The lowest BCUT2D eigenvalue weighted by molar-refractivity contribution is 0.102. The number of nitrogens with one attached hydrogen (secondary N) is 1. The minimum Gasteiger partial charge on any atom is -0.322 e. The summed E-state index contributed by atoms with van der Waals surface area (Å²) in [6.45, 7) is 3.99. The Morgan fingerprint density at radius 3 is 2.28 bits per heavy atom. The molecule has 0 fully saturated rings. The SMILES string of the molecule is Cc1cc(C)n(-c2ccc(C(=O)Nc3ccccc3Cc3ccccc3)cc2)n1. The Labute approximate surface area is 170 Å². The maximum Gasteiger partial charge on any atom is 0.255 e. The summed E-state index contributed by atoms with van der Waals surface area (Å²) in [5.41, 5.74) is 6.73. The monoisotopic (exact) mass is 381 g/mol. The van der Waals surface area contributed by atoms with Crippen LogP contribution in [0.15, 0.2) is 84.9 Å². The van der Waals surface area contributed by atoms with Crippen LogP contribution in [0.1, 0.15) is 32.9 Å². The number of rotatable bonds is 5. The van der Waals surface area contributed by atoms with Gasteiger partial charge >= 0.3 is 0 Å². The number of hydrogen-bond acceptors (Lipinski definition) is 2. The second-order valence-corrected chi connectivity index (χ2v) is 7.16. The Kier molecular flexibility index (Phi) is 5.25. The minimum absolute atomic E-state index is 0.120. The van der Waals surface area contributed by atoms with Crippen molar-refractivity contribution in [3.05, 3.63) is 113 Å². The molecule has 0 aliphatic rings. The normalized spacial score (nSPS) is 10.7. The number of carbonyl (C=O) groups is 1. The van der Waals surface area contributed by atoms with Crippen LogP contribution in [0.3, 0.4) is 0 Å². The van der Waals surface area contributed by atoms with Gasteiger partial charge in [-0.1, -0.05) is 48.5 Å². The van der Waals surface area contributed by atoms with E-state index in [1.807, 2.05) is 85.3 Å². The van der Waals surface area contributed by atoms with E-state index in [4.69, 9.17) is 0 Å². The molecule has 0 aliphatic heterocycles. The van der Waals surface area contributed by atoms with Crippen molar-refractivity contribution < 1.29 is 4.79 Å². The first-order valence-electron chi connectivity index (χ1n) is 9.67. The van der Waals surface area contributed by atoms with Gasteiger partial charge in [0.2, 0.25) is 0 Å². The van der Waals surface area contributed by atoms with Crippen LogP contribution >= 0.6 is 0 Å². The van der Waals surface area contributed by atoms with Gasteiger partial charge < -0.3 is 5.32 Å². The van der Waals surface area contributed by atoms with Gasteiger partial charge in [-0.2, -0.15) is 5.10 Å². The third-order valence-electron chi connectivity index (χ3n) is 4.89. The molecule has 4 aromatic rings. The number of aryl methyl sites for hydroxylation is 2. The number of carbonyl (C=O) groups excluding carboxylic acids is 1. The highest BCUT2D eigenvalue weighted by atomic mass is 16.1. The first-order chi connectivity index (χ1) is 14.1. The van der Waals surface area contributed by atoms with Crippen molar-refractivity contribution in [3.8, 4) is 5.69 Å². The molecular weight excluding hydrogens is 358 g/mol. The van der Waals surface area contributed by atoms with Crippen LogP contribution in [0.4, 0.5) is 5.69 Å². The highest BCUT2D eigenvalue weighted by molar-refractivity contribution is 6.04. The van der Waals surface area contributed by atoms with E-state index in [1.165, 1.54) is 5.56 Å². The van der Waals surface area contributed by atoms with Crippen LogP contribution in [0.25, 0.3) is 5.69 Å². The van der Waals surface area contributed by atoms with E-state index >= 15 is 0 Å². The van der Waals surface area contributed by atoms with Crippen molar-refractivity contribution in [3.63, 3.8) is 0 Å². The van der Waals surface area contributed by atoms with Crippen LogP contribution in [0.5, 0.6) is 0 Å². The molecule has 3 aromatic carbocycles. The Hall–Kier alpha value is -3.66. The molecule has 0 unspecified atom stereocenters. The number of para-hydroxylation sites is 1. The summed E-state index contributed by atoms with van der Waals surface area (Å²) in [4.78, 5) is 12.8. The van der Waals surface area contributed by atoms with E-state index in [2.05, 4.69) is 28.6 Å². The van der Waals surface area contributed by atoms with Gasteiger partial charge in [0.1, 0.15) is 0 Å². The van der Waals surface area contributed by atoms with Crippen molar-refractivity contribution in [1.82, 2.24) is 9.78 Å². The number of hydrogen-bond donors (Lipinski definition) is 1. The maximum atomic E-state index is 12.8. The summed E-state index contributed by atoms with van der Waals surface area (Å²) in [5, 5.41) is 7.55. The van der Waals surface area contributed by atoms with Gasteiger partial charge in [-0.15, -0.1) is 0 Å². The molecule has 29 heavy (non-hydrogen) atoms. The Balaban J connectivity index is 1.52. The highest BCUT2D eigenvalue weighted by Gasteiger charge is 2.11. The molecule has 1 amide bonds. The number of nitrogens with zero attached hydrogens (tertiary/aromatic N) is 2. The molecule has 0 saturated carbocycles. The standard InChI is InChI=1S/C25H23N3O/c1-18-16-19(2)28(27-18)23-14-12-21(13-15-23)25(29)26-24-11-7-6-10-22(24)17-20-8-4-3-5-9-20/h3-16H,17H2,1-2H3,(H,26,29). The van der Waals surface area contributed by atoms with Gasteiger partial charge in [0, 0.05) is 16.9 Å². The highest BCUT2D eigenvalue weighted by Crippen LogP contribution is 2.20. The van der Waals surface area contributed by atoms with E-state index in [0.717, 1.165) is 34.7 Å². The van der Waals surface area contributed by atoms with E-state index in [9.17, 15) is 4.79 Å². The molecule has 1 N–H and O–H groups in total. The fourth-order valence-electron chi connectivity index (χ4n) is 3.45. The van der Waals surface area contributed by atoms with Crippen molar-refractivity contribution in [2.75, 3.05) is 5.32 Å². The van der Waals surface area contributed by atoms with Gasteiger partial charge in [0.25, 0.3) is 5.91 Å². The number of amides is 1. The first kappa shape index (κ1) is 18.7. The number of benzene rings is 3. The number of aromatic nitrogens is 2. The van der Waals surface area contributed by atoms with Crippen molar-refractivity contribution in [2.45, 2.75) is 20.3 Å². The Bertz CT molecular complexity index is 1130. The van der Waals surface area contributed by atoms with Gasteiger partial charge in [-0.25, -0.2) is 4.68 Å². The predicted octanol–water partition coefficient (Wildman–Crippen LogP) is 5.33. The van der Waals surface area contributed by atoms with Crippen LogP contribution in [-0.4, -0.2) is 15.7 Å². The minimum atomic E-state index is -0.120. The lowest BCUT2D eigenvalue weighted by atomic mass is 10.0. The summed E-state index contributed by atoms with van der Waals surface area (Å²) in [5.74, 6) is -0.120. The van der Waals surface area contributed by atoms with Crippen LogP contribution in [-0.2, 0) is 6.42 Å². The van der Waals surface area contributed by atoms with Crippen LogP contribution in [0, 0.1) is 13.8 Å². The Morgan fingerprint density at radius 1 is 0.897 bits per heavy atom. The summed E-state index contributed by atoms with van der Waals surface area (Å²) in [6.07, 6.45) is 0.772. The summed E-state index contributed by atoms with van der Waals surface area (Å²) in [7, 11) is 0. The lowest BCUT2D eigenvalue weighted by Gasteiger charge is -2.12.